The number of hydrogen-bond donors (Lipinski definition) is 1. The van der Waals surface area contributed by atoms with Crippen molar-refractivity contribution in [2.75, 3.05) is 13.1 Å². The van der Waals surface area contributed by atoms with E-state index in [1.54, 1.807) is 0 Å². The number of hydrogen-bond acceptors (Lipinski definition) is 3. The van der Waals surface area contributed by atoms with Crippen molar-refractivity contribution in [1.82, 2.24) is 9.88 Å². The number of carbonyl (C=O) groups excluding carboxylic acids is 1. The second kappa shape index (κ2) is 7.23. The van der Waals surface area contributed by atoms with E-state index in [1.165, 1.54) is 5.56 Å². The summed E-state index contributed by atoms with van der Waals surface area (Å²) in [6.45, 7) is 1.53. The van der Waals surface area contributed by atoms with Crippen LogP contribution < -0.4 is 5.73 Å². The van der Waals surface area contributed by atoms with Crippen LogP contribution in [0, 0.1) is 11.8 Å². The van der Waals surface area contributed by atoms with Gasteiger partial charge in [-0.1, -0.05) is 6.42 Å². The molecular formula is C16H24ClN3O. The van der Waals surface area contributed by atoms with Crippen LogP contribution >= 0.6 is 12.4 Å². The zero-order chi connectivity index (χ0) is 13.9. The number of nitrogens with zero attached hydrogens (tertiary/aromatic N) is 2. The normalized spacial score (nSPS) is 28.4. The van der Waals surface area contributed by atoms with Crippen LogP contribution in [0.3, 0.4) is 0 Å². The highest BCUT2D eigenvalue weighted by Gasteiger charge is 2.38. The Morgan fingerprint density at radius 2 is 2.00 bits per heavy atom. The first-order valence-electron chi connectivity index (χ1n) is 7.71. The van der Waals surface area contributed by atoms with Crippen LogP contribution in [0.15, 0.2) is 24.5 Å². The Morgan fingerprint density at radius 1 is 1.24 bits per heavy atom. The maximum atomic E-state index is 12.9. The van der Waals surface area contributed by atoms with E-state index >= 15 is 0 Å². The van der Waals surface area contributed by atoms with Crippen LogP contribution in [0.5, 0.6) is 0 Å². The van der Waals surface area contributed by atoms with Crippen LogP contribution in [0.25, 0.3) is 0 Å². The Bertz CT molecular complexity index is 468. The molecular weight excluding hydrogens is 286 g/mol. The van der Waals surface area contributed by atoms with E-state index in [1.807, 2.05) is 24.5 Å². The van der Waals surface area contributed by atoms with Crippen LogP contribution in [-0.4, -0.2) is 28.9 Å². The van der Waals surface area contributed by atoms with Gasteiger partial charge >= 0.3 is 0 Å². The monoisotopic (exact) mass is 309 g/mol. The van der Waals surface area contributed by atoms with Gasteiger partial charge in [0.2, 0.25) is 5.91 Å². The molecule has 3 atom stereocenters. The molecule has 5 heteroatoms. The van der Waals surface area contributed by atoms with Crippen molar-refractivity contribution in [3.8, 4) is 0 Å². The summed E-state index contributed by atoms with van der Waals surface area (Å²) in [6, 6.07) is 4.31. The molecule has 3 rings (SSSR count). The molecule has 1 aliphatic carbocycles. The van der Waals surface area contributed by atoms with Gasteiger partial charge in [0.1, 0.15) is 0 Å². The van der Waals surface area contributed by atoms with Gasteiger partial charge in [0, 0.05) is 24.9 Å². The van der Waals surface area contributed by atoms with Crippen molar-refractivity contribution in [2.24, 2.45) is 17.6 Å². The fraction of sp³-hybridized carbons (Fsp3) is 0.625. The largest absolute Gasteiger partial charge is 0.335 e. The highest BCUT2D eigenvalue weighted by molar-refractivity contribution is 5.85. The number of likely N-dealkylation sites (tertiary alicyclic amines) is 1. The third-order valence-corrected chi connectivity index (χ3v) is 4.91. The summed E-state index contributed by atoms with van der Waals surface area (Å²) in [6.07, 6.45) is 9.06. The smallest absolute Gasteiger partial charge is 0.226 e. The number of carbonyl (C=O) groups is 1. The van der Waals surface area contributed by atoms with Gasteiger partial charge in [-0.2, -0.15) is 0 Å². The molecule has 116 valence electrons. The highest BCUT2D eigenvalue weighted by Crippen LogP contribution is 2.38. The third-order valence-electron chi connectivity index (χ3n) is 4.91. The Kier molecular flexibility index (Phi) is 5.59. The lowest BCUT2D eigenvalue weighted by Crippen LogP contribution is -2.38. The summed E-state index contributed by atoms with van der Waals surface area (Å²) in [7, 11) is 0. The molecule has 1 saturated heterocycles. The van der Waals surface area contributed by atoms with Gasteiger partial charge in [-0.3, -0.25) is 9.78 Å². The number of amides is 1. The summed E-state index contributed by atoms with van der Waals surface area (Å²) in [4.78, 5) is 19.0. The van der Waals surface area contributed by atoms with Gasteiger partial charge in [0.05, 0.1) is 6.04 Å². The lowest BCUT2D eigenvalue weighted by Gasteiger charge is -2.29. The van der Waals surface area contributed by atoms with E-state index in [2.05, 4.69) is 9.88 Å². The second-order valence-electron chi connectivity index (χ2n) is 6.00. The van der Waals surface area contributed by atoms with E-state index in [9.17, 15) is 4.79 Å². The van der Waals surface area contributed by atoms with E-state index in [0.29, 0.717) is 18.4 Å². The van der Waals surface area contributed by atoms with Crippen molar-refractivity contribution >= 4 is 18.3 Å². The lowest BCUT2D eigenvalue weighted by molar-refractivity contribution is -0.137. The minimum Gasteiger partial charge on any atom is -0.335 e. The molecule has 1 aliphatic heterocycles. The Balaban J connectivity index is 0.00000161. The van der Waals surface area contributed by atoms with Crippen LogP contribution in [0.1, 0.15) is 43.7 Å². The molecule has 0 bridgehead atoms. The van der Waals surface area contributed by atoms with E-state index < -0.39 is 0 Å². The van der Waals surface area contributed by atoms with Gasteiger partial charge in [-0.05, 0) is 55.8 Å². The molecule has 21 heavy (non-hydrogen) atoms. The molecule has 0 aromatic carbocycles. The molecule has 2 aliphatic rings. The lowest BCUT2D eigenvalue weighted by atomic mass is 9.94. The highest BCUT2D eigenvalue weighted by atomic mass is 35.5. The molecule has 2 N–H and O–H groups in total. The maximum absolute atomic E-state index is 12.9. The van der Waals surface area contributed by atoms with Crippen molar-refractivity contribution < 1.29 is 4.79 Å². The second-order valence-corrected chi connectivity index (χ2v) is 6.00. The first-order valence-corrected chi connectivity index (χ1v) is 7.71. The summed E-state index contributed by atoms with van der Waals surface area (Å²) < 4.78 is 0. The Hall–Kier alpha value is -1.13. The fourth-order valence-electron chi connectivity index (χ4n) is 3.82. The molecule has 4 nitrogen and oxygen atoms in total. The summed E-state index contributed by atoms with van der Waals surface area (Å²) in [5, 5.41) is 0. The first kappa shape index (κ1) is 16.2. The van der Waals surface area contributed by atoms with Gasteiger partial charge in [0.25, 0.3) is 0 Å². The predicted octanol–water partition coefficient (Wildman–Crippen LogP) is 2.54. The molecule has 0 radical (unpaired) electrons. The molecule has 0 spiro atoms. The average Bonchev–Trinajstić information content (AvgIpc) is 3.16. The van der Waals surface area contributed by atoms with Gasteiger partial charge in [0.15, 0.2) is 0 Å². The van der Waals surface area contributed by atoms with E-state index in [4.69, 9.17) is 5.73 Å². The third kappa shape index (κ3) is 3.22. The van der Waals surface area contributed by atoms with Crippen molar-refractivity contribution in [3.63, 3.8) is 0 Å². The molecule has 1 aromatic heterocycles. The fourth-order valence-corrected chi connectivity index (χ4v) is 3.82. The van der Waals surface area contributed by atoms with Gasteiger partial charge < -0.3 is 10.6 Å². The van der Waals surface area contributed by atoms with Gasteiger partial charge in [-0.15, -0.1) is 12.4 Å². The number of pyridine rings is 1. The SMILES string of the molecule is Cl.NC[C@H]1CCC[C@H]1C(=O)N1CCCC1c1ccncc1. The quantitative estimate of drug-likeness (QED) is 0.933. The molecule has 2 fully saturated rings. The average molecular weight is 310 g/mol. The summed E-state index contributed by atoms with van der Waals surface area (Å²) in [5.74, 6) is 0.876. The van der Waals surface area contributed by atoms with Crippen molar-refractivity contribution in [2.45, 2.75) is 38.1 Å². The van der Waals surface area contributed by atoms with Gasteiger partial charge in [-0.25, -0.2) is 0 Å². The molecule has 1 unspecified atom stereocenters. The summed E-state index contributed by atoms with van der Waals surface area (Å²) in [5.41, 5.74) is 7.04. The molecule has 1 amide bonds. The predicted molar refractivity (Wildman–Crippen MR) is 85.1 cm³/mol. The van der Waals surface area contributed by atoms with Crippen molar-refractivity contribution in [1.29, 1.82) is 0 Å². The van der Waals surface area contributed by atoms with Crippen LogP contribution in [-0.2, 0) is 4.79 Å². The first-order chi connectivity index (χ1) is 9.81. The standard InChI is InChI=1S/C16H23N3O.ClH/c17-11-13-3-1-4-14(13)16(20)19-10-2-5-15(19)12-6-8-18-9-7-12;/h6-9,13-15H,1-5,10-11,17H2;1H/t13-,14-,15?;/m1./s1. The Labute approximate surface area is 132 Å². The van der Waals surface area contributed by atoms with Crippen LogP contribution in [0.2, 0.25) is 0 Å². The molecule has 1 saturated carbocycles. The zero-order valence-electron chi connectivity index (χ0n) is 12.3. The number of halogens is 1. The zero-order valence-corrected chi connectivity index (χ0v) is 13.1. The van der Waals surface area contributed by atoms with E-state index in [-0.39, 0.29) is 24.4 Å². The number of nitrogens with two attached hydrogens (primary N) is 1. The number of aromatic nitrogens is 1. The minimum absolute atomic E-state index is 0. The van der Waals surface area contributed by atoms with Crippen molar-refractivity contribution in [3.05, 3.63) is 30.1 Å². The maximum Gasteiger partial charge on any atom is 0.226 e. The van der Waals surface area contributed by atoms with E-state index in [0.717, 1.165) is 38.6 Å². The minimum atomic E-state index is 0. The number of rotatable bonds is 3. The van der Waals surface area contributed by atoms with Crippen LogP contribution in [0.4, 0.5) is 0 Å². The summed E-state index contributed by atoms with van der Waals surface area (Å²) >= 11 is 0. The molecule has 2 heterocycles. The Morgan fingerprint density at radius 3 is 2.71 bits per heavy atom. The molecule has 1 aromatic rings. The topological polar surface area (TPSA) is 59.2 Å².